The van der Waals surface area contributed by atoms with Gasteiger partial charge in [-0.05, 0) is 41.5 Å². The van der Waals surface area contributed by atoms with Gasteiger partial charge in [0.1, 0.15) is 5.75 Å². The van der Waals surface area contributed by atoms with Gasteiger partial charge in [-0.15, -0.1) is 0 Å². The molecule has 1 N–H and O–H groups in total. The molecule has 0 aliphatic rings. The van der Waals surface area contributed by atoms with Crippen LogP contribution in [0.3, 0.4) is 0 Å². The fourth-order valence-corrected chi connectivity index (χ4v) is 2.68. The lowest BCUT2D eigenvalue weighted by atomic mass is 10.2. The van der Waals surface area contributed by atoms with Gasteiger partial charge in [0.05, 0.1) is 7.11 Å². The van der Waals surface area contributed by atoms with Gasteiger partial charge >= 0.3 is 0 Å². The fraction of sp³-hybridized carbons (Fsp3) is 0.125. The molecule has 0 radical (unpaired) electrons. The molecule has 0 spiro atoms. The van der Waals surface area contributed by atoms with Crippen LogP contribution in [0.5, 0.6) is 5.75 Å². The van der Waals surface area contributed by atoms with Gasteiger partial charge in [-0.2, -0.15) is 0 Å². The summed E-state index contributed by atoms with van der Waals surface area (Å²) >= 11 is 5.78. The Morgan fingerprint density at radius 1 is 1.18 bits per heavy atom. The maximum Gasteiger partial charge on any atom is 0.234 e. The summed E-state index contributed by atoms with van der Waals surface area (Å²) in [4.78, 5) is 0. The van der Waals surface area contributed by atoms with Gasteiger partial charge in [0, 0.05) is 17.0 Å². The standard InChI is InChI=1S/C16H16ClNO3S/c1-21-16-4-2-3-14(11-16)12-18-22(19,20)10-9-13-5-7-15(17)8-6-13/h2-11,18H,12H2,1H3/b10-9+. The molecule has 0 unspecified atom stereocenters. The number of halogens is 1. The zero-order chi connectivity index (χ0) is 16.0. The summed E-state index contributed by atoms with van der Waals surface area (Å²) in [7, 11) is -1.94. The molecule has 0 aliphatic carbocycles. The second-order valence-electron chi connectivity index (χ2n) is 4.57. The van der Waals surface area contributed by atoms with E-state index in [1.807, 2.05) is 12.1 Å². The van der Waals surface area contributed by atoms with Crippen LogP contribution in [-0.4, -0.2) is 15.5 Å². The number of rotatable bonds is 6. The first-order valence-electron chi connectivity index (χ1n) is 6.55. The monoisotopic (exact) mass is 337 g/mol. The van der Waals surface area contributed by atoms with E-state index in [2.05, 4.69) is 4.72 Å². The summed E-state index contributed by atoms with van der Waals surface area (Å²) in [6, 6.07) is 14.1. The highest BCUT2D eigenvalue weighted by Crippen LogP contribution is 2.13. The Morgan fingerprint density at radius 3 is 2.59 bits per heavy atom. The third kappa shape index (κ3) is 5.18. The van der Waals surface area contributed by atoms with Gasteiger partial charge in [0.15, 0.2) is 0 Å². The summed E-state index contributed by atoms with van der Waals surface area (Å²) in [6.07, 6.45) is 1.52. The molecule has 2 rings (SSSR count). The van der Waals surface area contributed by atoms with Crippen LogP contribution >= 0.6 is 11.6 Å². The topological polar surface area (TPSA) is 55.4 Å². The van der Waals surface area contributed by atoms with Crippen LogP contribution in [0.25, 0.3) is 6.08 Å². The molecule has 0 heterocycles. The van der Waals surface area contributed by atoms with Crippen molar-refractivity contribution in [2.75, 3.05) is 7.11 Å². The van der Waals surface area contributed by atoms with Gasteiger partial charge in [-0.25, -0.2) is 13.1 Å². The quantitative estimate of drug-likeness (QED) is 0.878. The van der Waals surface area contributed by atoms with Crippen LogP contribution in [0, 0.1) is 0 Å². The molecule has 0 atom stereocenters. The second-order valence-corrected chi connectivity index (χ2v) is 6.66. The van der Waals surface area contributed by atoms with Crippen molar-refractivity contribution in [3.05, 3.63) is 70.1 Å². The van der Waals surface area contributed by atoms with Gasteiger partial charge < -0.3 is 4.74 Å². The largest absolute Gasteiger partial charge is 0.497 e. The van der Waals surface area contributed by atoms with Crippen molar-refractivity contribution in [3.63, 3.8) is 0 Å². The molecule has 22 heavy (non-hydrogen) atoms. The first-order chi connectivity index (χ1) is 10.5. The molecule has 4 nitrogen and oxygen atoms in total. The molecule has 116 valence electrons. The highest BCUT2D eigenvalue weighted by atomic mass is 35.5. The minimum Gasteiger partial charge on any atom is -0.497 e. The van der Waals surface area contributed by atoms with Crippen LogP contribution in [0.1, 0.15) is 11.1 Å². The maximum atomic E-state index is 11.9. The molecular formula is C16H16ClNO3S. The van der Waals surface area contributed by atoms with Crippen molar-refractivity contribution in [2.45, 2.75) is 6.54 Å². The first kappa shape index (κ1) is 16.5. The lowest BCUT2D eigenvalue weighted by Crippen LogP contribution is -2.20. The Bertz CT molecular complexity index is 755. The first-order valence-corrected chi connectivity index (χ1v) is 8.47. The van der Waals surface area contributed by atoms with E-state index >= 15 is 0 Å². The average Bonchev–Trinajstić information content (AvgIpc) is 2.53. The molecule has 0 saturated carbocycles. The second kappa shape index (κ2) is 7.45. The summed E-state index contributed by atoms with van der Waals surface area (Å²) in [5, 5.41) is 1.74. The Kier molecular flexibility index (Phi) is 5.60. The lowest BCUT2D eigenvalue weighted by molar-refractivity contribution is 0.414. The number of hydrogen-bond acceptors (Lipinski definition) is 3. The zero-order valence-corrected chi connectivity index (χ0v) is 13.6. The number of nitrogens with one attached hydrogen (secondary N) is 1. The summed E-state index contributed by atoms with van der Waals surface area (Å²) in [5.41, 5.74) is 1.58. The predicted molar refractivity (Wildman–Crippen MR) is 89.2 cm³/mol. The van der Waals surface area contributed by atoms with Gasteiger partial charge in [-0.3, -0.25) is 0 Å². The van der Waals surface area contributed by atoms with E-state index in [-0.39, 0.29) is 6.54 Å². The predicted octanol–water partition coefficient (Wildman–Crippen LogP) is 3.44. The van der Waals surface area contributed by atoms with Crippen molar-refractivity contribution in [1.29, 1.82) is 0 Å². The summed E-state index contributed by atoms with van der Waals surface area (Å²) < 4.78 is 31.5. The van der Waals surface area contributed by atoms with Crippen molar-refractivity contribution < 1.29 is 13.2 Å². The lowest BCUT2D eigenvalue weighted by Gasteiger charge is -2.05. The molecule has 0 amide bonds. The number of hydrogen-bond donors (Lipinski definition) is 1. The van der Waals surface area contributed by atoms with Crippen LogP contribution in [0.4, 0.5) is 0 Å². The number of methoxy groups -OCH3 is 1. The van der Waals surface area contributed by atoms with E-state index in [1.54, 1.807) is 43.5 Å². The van der Waals surface area contributed by atoms with Crippen molar-refractivity contribution in [3.8, 4) is 5.75 Å². The third-order valence-corrected chi connectivity index (χ3v) is 4.21. The average molecular weight is 338 g/mol. The zero-order valence-electron chi connectivity index (χ0n) is 12.0. The Labute approximate surface area is 135 Å². The van der Waals surface area contributed by atoms with Crippen LogP contribution in [0.2, 0.25) is 5.02 Å². The highest BCUT2D eigenvalue weighted by Gasteiger charge is 2.05. The molecule has 0 saturated heterocycles. The molecule has 0 aliphatic heterocycles. The Balaban J connectivity index is 2.00. The number of sulfonamides is 1. The maximum absolute atomic E-state index is 11.9. The molecule has 6 heteroatoms. The number of ether oxygens (including phenoxy) is 1. The third-order valence-electron chi connectivity index (χ3n) is 2.92. The fourth-order valence-electron chi connectivity index (χ4n) is 1.76. The molecule has 2 aromatic carbocycles. The van der Waals surface area contributed by atoms with Crippen LogP contribution < -0.4 is 9.46 Å². The molecule has 0 fully saturated rings. The van der Waals surface area contributed by atoms with Crippen molar-refractivity contribution in [1.82, 2.24) is 4.72 Å². The highest BCUT2D eigenvalue weighted by molar-refractivity contribution is 7.92. The Hall–Kier alpha value is -1.82. The van der Waals surface area contributed by atoms with Gasteiger partial charge in [0.2, 0.25) is 10.0 Å². The summed E-state index contributed by atoms with van der Waals surface area (Å²) in [5.74, 6) is 0.688. The van der Waals surface area contributed by atoms with E-state index in [0.29, 0.717) is 10.8 Å². The SMILES string of the molecule is COc1cccc(CNS(=O)(=O)/C=C/c2ccc(Cl)cc2)c1. The molecule has 0 aromatic heterocycles. The van der Waals surface area contributed by atoms with E-state index in [1.165, 1.54) is 6.08 Å². The van der Waals surface area contributed by atoms with Crippen LogP contribution in [-0.2, 0) is 16.6 Å². The van der Waals surface area contributed by atoms with E-state index < -0.39 is 10.0 Å². The van der Waals surface area contributed by atoms with Crippen LogP contribution in [0.15, 0.2) is 53.9 Å². The smallest absolute Gasteiger partial charge is 0.234 e. The van der Waals surface area contributed by atoms with Crippen molar-refractivity contribution >= 4 is 27.7 Å². The number of benzene rings is 2. The van der Waals surface area contributed by atoms with E-state index in [0.717, 1.165) is 16.5 Å². The minimum absolute atomic E-state index is 0.199. The normalized spacial score (nSPS) is 11.7. The molecule has 2 aromatic rings. The van der Waals surface area contributed by atoms with Gasteiger partial charge in [-0.1, -0.05) is 35.9 Å². The minimum atomic E-state index is -3.51. The molecule has 0 bridgehead atoms. The van der Waals surface area contributed by atoms with E-state index in [9.17, 15) is 8.42 Å². The van der Waals surface area contributed by atoms with Gasteiger partial charge in [0.25, 0.3) is 0 Å². The summed E-state index contributed by atoms with van der Waals surface area (Å²) in [6.45, 7) is 0.199. The van der Waals surface area contributed by atoms with E-state index in [4.69, 9.17) is 16.3 Å². The van der Waals surface area contributed by atoms with Crippen molar-refractivity contribution in [2.24, 2.45) is 0 Å². The molecular weight excluding hydrogens is 322 g/mol. The Morgan fingerprint density at radius 2 is 1.91 bits per heavy atom.